The first-order valence-electron chi connectivity index (χ1n) is 16.5. The fourth-order valence-electron chi connectivity index (χ4n) is 5.88. The van der Waals surface area contributed by atoms with Gasteiger partial charge in [0, 0.05) is 16.8 Å². The Balaban J connectivity index is 0.000000214. The van der Waals surface area contributed by atoms with E-state index in [1.807, 2.05) is 121 Å². The number of nitrogens with two attached hydrogens (primary N) is 2. The lowest BCUT2D eigenvalue weighted by molar-refractivity contribution is 1.06. The van der Waals surface area contributed by atoms with Crippen molar-refractivity contribution in [2.75, 3.05) is 0 Å². The molecule has 7 aromatic carbocycles. The highest BCUT2D eigenvalue weighted by molar-refractivity contribution is 6.12. The van der Waals surface area contributed by atoms with Crippen molar-refractivity contribution in [3.63, 3.8) is 0 Å². The van der Waals surface area contributed by atoms with E-state index in [9.17, 15) is 0 Å². The van der Waals surface area contributed by atoms with Gasteiger partial charge >= 0.3 is 0 Å². The Morgan fingerprint density at radius 2 is 0.940 bits per heavy atom. The van der Waals surface area contributed by atoms with Crippen molar-refractivity contribution in [2.24, 2.45) is 21.5 Å². The molecule has 0 saturated heterocycles. The predicted molar refractivity (Wildman–Crippen MR) is 212 cm³/mol. The van der Waals surface area contributed by atoms with E-state index in [2.05, 4.69) is 55.5 Å². The zero-order chi connectivity index (χ0) is 34.7. The molecule has 5 nitrogen and oxygen atoms in total. The number of nitrogens with zero attached hydrogens (tertiary/aromatic N) is 2. The van der Waals surface area contributed by atoms with Crippen molar-refractivity contribution in [2.45, 2.75) is 13.5 Å². The Labute approximate surface area is 293 Å². The van der Waals surface area contributed by atoms with Crippen LogP contribution in [0.4, 0.5) is 0 Å². The van der Waals surface area contributed by atoms with Gasteiger partial charge in [0.2, 0.25) is 0 Å². The largest absolute Gasteiger partial charge is 0.398 e. The standard InChI is InChI=1S/C30H25N3.C15H14N2/c1-21-24-16-8-9-17-25(24)26-18-10-11-19-27(26)28(21)20-32-30(23-14-6-3-7-15-23)33-29(31)22-12-4-2-5-13-22;16-14(12-7-3-1-4-8-12)11-15(17)13-9-5-2-6-10-13/h2-19H,20H2,1H3,(H2,31,32,33);1-11,16H,17H2/b;15-11-,16-14?. The number of benzene rings is 7. The van der Waals surface area contributed by atoms with Crippen molar-refractivity contribution in [3.05, 3.63) is 209 Å². The van der Waals surface area contributed by atoms with Crippen LogP contribution in [-0.4, -0.2) is 17.4 Å². The van der Waals surface area contributed by atoms with Crippen LogP contribution in [0.1, 0.15) is 33.4 Å². The molecular formula is C45H39N5. The number of amidine groups is 2. The highest BCUT2D eigenvalue weighted by atomic mass is 15.0. The third-order valence-corrected chi connectivity index (χ3v) is 8.53. The number of nitrogens with one attached hydrogen (secondary N) is 1. The molecule has 0 spiro atoms. The number of allylic oxidation sites excluding steroid dienone is 1. The average Bonchev–Trinajstić information content (AvgIpc) is 3.19. The molecule has 0 amide bonds. The number of fused-ring (bicyclic) bond motifs is 3. The van der Waals surface area contributed by atoms with Gasteiger partial charge in [-0.2, -0.15) is 0 Å². The molecule has 0 unspecified atom stereocenters. The predicted octanol–water partition coefficient (Wildman–Crippen LogP) is 9.71. The molecule has 0 aliphatic rings. The van der Waals surface area contributed by atoms with Gasteiger partial charge in [0.15, 0.2) is 5.84 Å². The second-order valence-corrected chi connectivity index (χ2v) is 11.8. The molecule has 7 rings (SSSR count). The average molecular weight is 650 g/mol. The molecule has 0 bridgehead atoms. The fourth-order valence-corrected chi connectivity index (χ4v) is 5.88. The van der Waals surface area contributed by atoms with Crippen LogP contribution in [0.15, 0.2) is 186 Å². The Kier molecular flexibility index (Phi) is 10.7. The van der Waals surface area contributed by atoms with E-state index in [0.717, 1.165) is 22.3 Å². The van der Waals surface area contributed by atoms with E-state index in [1.54, 1.807) is 6.08 Å². The minimum atomic E-state index is 0.423. The van der Waals surface area contributed by atoms with Gasteiger partial charge in [0.05, 0.1) is 12.3 Å². The highest BCUT2D eigenvalue weighted by Crippen LogP contribution is 2.33. The van der Waals surface area contributed by atoms with Crippen LogP contribution < -0.4 is 11.5 Å². The van der Waals surface area contributed by atoms with Gasteiger partial charge in [-0.3, -0.25) is 4.99 Å². The summed E-state index contributed by atoms with van der Waals surface area (Å²) >= 11 is 0. The minimum absolute atomic E-state index is 0.423. The van der Waals surface area contributed by atoms with Crippen LogP contribution in [-0.2, 0) is 6.54 Å². The normalized spacial score (nSPS) is 12.0. The molecule has 0 heterocycles. The summed E-state index contributed by atoms with van der Waals surface area (Å²) in [5.41, 5.74) is 19.4. The molecule has 244 valence electrons. The highest BCUT2D eigenvalue weighted by Gasteiger charge is 2.12. The van der Waals surface area contributed by atoms with Crippen molar-refractivity contribution < 1.29 is 0 Å². The summed E-state index contributed by atoms with van der Waals surface area (Å²) < 4.78 is 0. The molecule has 5 N–H and O–H groups in total. The first kappa shape index (κ1) is 33.3. The maximum Gasteiger partial charge on any atom is 0.157 e. The van der Waals surface area contributed by atoms with Gasteiger partial charge in [-0.15, -0.1) is 0 Å². The molecule has 0 aliphatic carbocycles. The van der Waals surface area contributed by atoms with E-state index >= 15 is 0 Å². The van der Waals surface area contributed by atoms with Gasteiger partial charge in [0.25, 0.3) is 0 Å². The Bertz CT molecular complexity index is 2310. The summed E-state index contributed by atoms with van der Waals surface area (Å²) in [5, 5.41) is 13.0. The second kappa shape index (κ2) is 16.0. The van der Waals surface area contributed by atoms with Crippen LogP contribution in [0.25, 0.3) is 27.2 Å². The molecule has 0 atom stereocenters. The van der Waals surface area contributed by atoms with Gasteiger partial charge in [-0.25, -0.2) is 4.99 Å². The maximum absolute atomic E-state index is 7.95. The fraction of sp³-hybridized carbons (Fsp3) is 0.0444. The molecule has 5 heteroatoms. The third kappa shape index (κ3) is 7.92. The zero-order valence-corrected chi connectivity index (χ0v) is 28.0. The van der Waals surface area contributed by atoms with Gasteiger partial charge < -0.3 is 16.9 Å². The molecule has 0 saturated carbocycles. The van der Waals surface area contributed by atoms with Crippen molar-refractivity contribution in [1.82, 2.24) is 0 Å². The first-order valence-corrected chi connectivity index (χ1v) is 16.5. The summed E-state index contributed by atoms with van der Waals surface area (Å²) in [7, 11) is 0. The van der Waals surface area contributed by atoms with Crippen molar-refractivity contribution >= 4 is 44.6 Å². The molecular weight excluding hydrogens is 611 g/mol. The zero-order valence-electron chi connectivity index (χ0n) is 28.0. The number of hydrogen-bond acceptors (Lipinski definition) is 3. The van der Waals surface area contributed by atoms with Crippen LogP contribution in [0.5, 0.6) is 0 Å². The Morgan fingerprint density at radius 3 is 1.50 bits per heavy atom. The third-order valence-electron chi connectivity index (χ3n) is 8.53. The van der Waals surface area contributed by atoms with Crippen molar-refractivity contribution in [3.8, 4) is 0 Å². The summed E-state index contributed by atoms with van der Waals surface area (Å²) in [5.74, 6) is 1.09. The lowest BCUT2D eigenvalue weighted by Crippen LogP contribution is -2.16. The van der Waals surface area contributed by atoms with E-state index < -0.39 is 0 Å². The molecule has 7 aromatic rings. The van der Waals surface area contributed by atoms with Crippen molar-refractivity contribution in [1.29, 1.82) is 5.41 Å². The maximum atomic E-state index is 7.95. The van der Waals surface area contributed by atoms with E-state index in [0.29, 0.717) is 29.6 Å². The van der Waals surface area contributed by atoms with Crippen LogP contribution in [0.3, 0.4) is 0 Å². The number of hydrogen-bond donors (Lipinski definition) is 3. The minimum Gasteiger partial charge on any atom is -0.398 e. The molecule has 0 radical (unpaired) electrons. The molecule has 0 aromatic heterocycles. The monoisotopic (exact) mass is 649 g/mol. The number of aryl methyl sites for hydroxylation is 1. The van der Waals surface area contributed by atoms with E-state index in [4.69, 9.17) is 26.9 Å². The van der Waals surface area contributed by atoms with Gasteiger partial charge in [0.1, 0.15) is 5.84 Å². The topological polar surface area (TPSA) is 101 Å². The summed E-state index contributed by atoms with van der Waals surface area (Å²) in [4.78, 5) is 9.75. The smallest absolute Gasteiger partial charge is 0.157 e. The van der Waals surface area contributed by atoms with E-state index in [-0.39, 0.29) is 0 Å². The van der Waals surface area contributed by atoms with Gasteiger partial charge in [-0.05, 0) is 56.8 Å². The summed E-state index contributed by atoms with van der Waals surface area (Å²) in [6, 6.07) is 56.2. The number of aliphatic imine (C=N–C) groups is 2. The second-order valence-electron chi connectivity index (χ2n) is 11.8. The number of rotatable bonds is 7. The summed E-state index contributed by atoms with van der Waals surface area (Å²) in [6.45, 7) is 2.70. The lowest BCUT2D eigenvalue weighted by atomic mass is 9.92. The Hall–Kier alpha value is -6.59. The molecule has 50 heavy (non-hydrogen) atoms. The van der Waals surface area contributed by atoms with E-state index in [1.165, 1.54) is 32.7 Å². The summed E-state index contributed by atoms with van der Waals surface area (Å²) in [6.07, 6.45) is 1.69. The molecule has 0 aliphatic heterocycles. The SMILES string of the molecule is Cc1c(CN=C(N=C(N)c2ccccc2)c2ccccc2)c2ccccc2c2ccccc12.N=C(/C=C(\N)c1ccccc1)c1ccccc1. The quantitative estimate of drug-likeness (QED) is 0.0910. The lowest BCUT2D eigenvalue weighted by Gasteiger charge is -2.14. The molecule has 0 fully saturated rings. The van der Waals surface area contributed by atoms with Gasteiger partial charge in [-0.1, -0.05) is 170 Å². The Morgan fingerprint density at radius 1 is 0.520 bits per heavy atom. The first-order chi connectivity index (χ1) is 24.5. The van der Waals surface area contributed by atoms with Crippen LogP contribution in [0, 0.1) is 12.3 Å². The van der Waals surface area contributed by atoms with Crippen LogP contribution >= 0.6 is 0 Å². The van der Waals surface area contributed by atoms with Crippen LogP contribution in [0.2, 0.25) is 0 Å².